The SMILES string of the molecule is CS(=O)(=O)N1CCC(CN(C(=O)Nc2ccc(F)c(F)c2)C2CC[C@]3(c4cccc(C#N)c4)C[C@H]3C2)CC1. The third-order valence-electron chi connectivity index (χ3n) is 8.65. The summed E-state index contributed by atoms with van der Waals surface area (Å²) in [6.45, 7) is 1.32. The summed E-state index contributed by atoms with van der Waals surface area (Å²) < 4.78 is 52.5. The van der Waals surface area contributed by atoms with Crippen LogP contribution in [0.25, 0.3) is 0 Å². The summed E-state index contributed by atoms with van der Waals surface area (Å²) in [5, 5.41) is 12.1. The van der Waals surface area contributed by atoms with Crippen molar-refractivity contribution >= 4 is 21.7 Å². The molecule has 2 aliphatic carbocycles. The van der Waals surface area contributed by atoms with Gasteiger partial charge in [0, 0.05) is 37.4 Å². The zero-order chi connectivity index (χ0) is 27.1. The third kappa shape index (κ3) is 5.40. The molecule has 3 aliphatic rings. The molecular weight excluding hydrogens is 510 g/mol. The number of carbonyl (C=O) groups excluding carboxylic acids is 1. The summed E-state index contributed by atoms with van der Waals surface area (Å²) in [5.74, 6) is -1.46. The Labute approximate surface area is 222 Å². The van der Waals surface area contributed by atoms with E-state index in [0.717, 1.165) is 37.8 Å². The number of fused-ring (bicyclic) bond motifs is 1. The van der Waals surface area contributed by atoms with Crippen LogP contribution in [0, 0.1) is 34.8 Å². The highest BCUT2D eigenvalue weighted by atomic mass is 32.2. The van der Waals surface area contributed by atoms with Crippen LogP contribution in [-0.4, -0.2) is 55.6 Å². The topological polar surface area (TPSA) is 93.5 Å². The van der Waals surface area contributed by atoms with Gasteiger partial charge in [0.2, 0.25) is 10.0 Å². The second-order valence-corrected chi connectivity index (χ2v) is 13.0. The van der Waals surface area contributed by atoms with Gasteiger partial charge in [-0.15, -0.1) is 0 Å². The smallest absolute Gasteiger partial charge is 0.321 e. The number of piperidine rings is 1. The van der Waals surface area contributed by atoms with Crippen LogP contribution in [-0.2, 0) is 15.4 Å². The Hall–Kier alpha value is -3.03. The van der Waals surface area contributed by atoms with Crippen molar-refractivity contribution in [2.24, 2.45) is 11.8 Å². The van der Waals surface area contributed by atoms with Gasteiger partial charge in [-0.1, -0.05) is 12.1 Å². The highest BCUT2D eigenvalue weighted by Crippen LogP contribution is 2.63. The fourth-order valence-electron chi connectivity index (χ4n) is 6.41. The Morgan fingerprint density at radius 3 is 2.58 bits per heavy atom. The summed E-state index contributed by atoms with van der Waals surface area (Å²) in [5.41, 5.74) is 2.08. The first-order chi connectivity index (χ1) is 18.1. The molecule has 2 saturated carbocycles. The summed E-state index contributed by atoms with van der Waals surface area (Å²) in [6, 6.07) is 13.0. The number of nitriles is 1. The predicted octanol–water partition coefficient (Wildman–Crippen LogP) is 4.85. The minimum absolute atomic E-state index is 0.0204. The number of rotatable bonds is 6. The fourth-order valence-corrected chi connectivity index (χ4v) is 7.29. The first kappa shape index (κ1) is 26.6. The molecule has 1 aliphatic heterocycles. The maximum Gasteiger partial charge on any atom is 0.322 e. The van der Waals surface area contributed by atoms with Crippen LogP contribution in [0.4, 0.5) is 19.3 Å². The molecule has 202 valence electrons. The number of benzene rings is 2. The number of amides is 2. The van der Waals surface area contributed by atoms with Crippen molar-refractivity contribution in [3.05, 3.63) is 65.2 Å². The number of carbonyl (C=O) groups is 1. The zero-order valence-electron chi connectivity index (χ0n) is 21.4. The van der Waals surface area contributed by atoms with Gasteiger partial charge in [-0.05, 0) is 85.6 Å². The van der Waals surface area contributed by atoms with Crippen molar-refractivity contribution in [2.45, 2.75) is 50.0 Å². The minimum atomic E-state index is -3.25. The van der Waals surface area contributed by atoms with Gasteiger partial charge in [-0.2, -0.15) is 5.26 Å². The summed E-state index contributed by atoms with van der Waals surface area (Å²) >= 11 is 0. The van der Waals surface area contributed by atoms with Crippen molar-refractivity contribution in [1.82, 2.24) is 9.21 Å². The molecule has 38 heavy (non-hydrogen) atoms. The zero-order valence-corrected chi connectivity index (χ0v) is 22.2. The Morgan fingerprint density at radius 1 is 1.16 bits per heavy atom. The maximum absolute atomic E-state index is 13.8. The van der Waals surface area contributed by atoms with E-state index in [1.165, 1.54) is 22.2 Å². The molecule has 3 atom stereocenters. The molecular formula is C28H32F2N4O3S. The summed E-state index contributed by atoms with van der Waals surface area (Å²) in [4.78, 5) is 15.3. The second kappa shape index (κ2) is 10.3. The average molecular weight is 543 g/mol. The Morgan fingerprint density at radius 2 is 1.92 bits per heavy atom. The number of anilines is 1. The molecule has 0 spiro atoms. The molecule has 5 rings (SSSR count). The quantitative estimate of drug-likeness (QED) is 0.565. The van der Waals surface area contributed by atoms with Gasteiger partial charge >= 0.3 is 6.03 Å². The van der Waals surface area contributed by atoms with Crippen molar-refractivity contribution < 1.29 is 22.0 Å². The Balaban J connectivity index is 1.31. The molecule has 1 heterocycles. The van der Waals surface area contributed by atoms with Crippen LogP contribution < -0.4 is 5.32 Å². The van der Waals surface area contributed by atoms with E-state index in [0.29, 0.717) is 44.0 Å². The standard InChI is InChI=1S/C28H32F2N4O3S/c1-38(36,37)33-11-8-19(9-12-33)18-34(27(35)32-23-5-6-25(29)26(30)15-23)24-7-10-28(16-22(28)14-24)21-4-2-3-20(13-21)17-31/h2-6,13,15,19,22,24H,7-12,14,16,18H2,1H3,(H,32,35)/t22-,24?,28-/m1/s1. The van der Waals surface area contributed by atoms with Crippen molar-refractivity contribution in [3.8, 4) is 6.07 Å². The van der Waals surface area contributed by atoms with Crippen LogP contribution in [0.2, 0.25) is 0 Å². The first-order valence-electron chi connectivity index (χ1n) is 13.1. The third-order valence-corrected chi connectivity index (χ3v) is 9.95. The van der Waals surface area contributed by atoms with Crippen LogP contribution in [0.3, 0.4) is 0 Å². The van der Waals surface area contributed by atoms with Crippen molar-refractivity contribution in [2.75, 3.05) is 31.2 Å². The number of halogens is 2. The van der Waals surface area contributed by atoms with E-state index in [1.807, 2.05) is 23.1 Å². The molecule has 2 aromatic carbocycles. The molecule has 0 bridgehead atoms. The van der Waals surface area contributed by atoms with Crippen LogP contribution in [0.15, 0.2) is 42.5 Å². The molecule has 3 fully saturated rings. The second-order valence-electron chi connectivity index (χ2n) is 11.0. The van der Waals surface area contributed by atoms with E-state index in [-0.39, 0.29) is 29.1 Å². The van der Waals surface area contributed by atoms with Crippen LogP contribution in [0.1, 0.15) is 49.7 Å². The van der Waals surface area contributed by atoms with Gasteiger partial charge in [0.25, 0.3) is 0 Å². The molecule has 2 aromatic rings. The van der Waals surface area contributed by atoms with Gasteiger partial charge in [-0.25, -0.2) is 26.3 Å². The number of hydrogen-bond donors (Lipinski definition) is 1. The van der Waals surface area contributed by atoms with Crippen LogP contribution >= 0.6 is 0 Å². The van der Waals surface area contributed by atoms with E-state index < -0.39 is 21.7 Å². The number of urea groups is 1. The van der Waals surface area contributed by atoms with E-state index >= 15 is 0 Å². The van der Waals surface area contributed by atoms with E-state index in [9.17, 15) is 27.3 Å². The predicted molar refractivity (Wildman–Crippen MR) is 140 cm³/mol. The number of sulfonamides is 1. The highest BCUT2D eigenvalue weighted by Gasteiger charge is 2.58. The number of hydrogen-bond acceptors (Lipinski definition) is 4. The lowest BCUT2D eigenvalue weighted by Crippen LogP contribution is -2.49. The normalized spacial score (nSPS) is 25.7. The Kier molecular flexibility index (Phi) is 7.18. The lowest BCUT2D eigenvalue weighted by Gasteiger charge is -2.40. The van der Waals surface area contributed by atoms with Crippen molar-refractivity contribution in [1.29, 1.82) is 5.26 Å². The average Bonchev–Trinajstić information content (AvgIpc) is 3.64. The van der Waals surface area contributed by atoms with E-state index in [2.05, 4.69) is 17.5 Å². The van der Waals surface area contributed by atoms with Gasteiger partial charge < -0.3 is 10.2 Å². The molecule has 0 aromatic heterocycles. The summed E-state index contributed by atoms with van der Waals surface area (Å²) in [6.07, 6.45) is 6.06. The largest absolute Gasteiger partial charge is 0.322 e. The number of nitrogens with zero attached hydrogens (tertiary/aromatic N) is 3. The molecule has 7 nitrogen and oxygen atoms in total. The van der Waals surface area contributed by atoms with E-state index in [1.54, 1.807) is 0 Å². The first-order valence-corrected chi connectivity index (χ1v) is 14.9. The molecule has 1 saturated heterocycles. The molecule has 1 N–H and O–H groups in total. The van der Waals surface area contributed by atoms with Gasteiger partial charge in [-0.3, -0.25) is 0 Å². The van der Waals surface area contributed by atoms with Crippen molar-refractivity contribution in [3.63, 3.8) is 0 Å². The van der Waals surface area contributed by atoms with Crippen LogP contribution in [0.5, 0.6) is 0 Å². The fraction of sp³-hybridized carbons (Fsp3) is 0.500. The van der Waals surface area contributed by atoms with Gasteiger partial charge in [0.1, 0.15) is 0 Å². The monoisotopic (exact) mass is 542 g/mol. The number of nitrogens with one attached hydrogen (secondary N) is 1. The summed E-state index contributed by atoms with van der Waals surface area (Å²) in [7, 11) is -3.25. The maximum atomic E-state index is 13.8. The minimum Gasteiger partial charge on any atom is -0.321 e. The molecule has 0 radical (unpaired) electrons. The Bertz CT molecular complexity index is 1370. The lowest BCUT2D eigenvalue weighted by atomic mass is 9.79. The highest BCUT2D eigenvalue weighted by molar-refractivity contribution is 7.88. The van der Waals surface area contributed by atoms with Gasteiger partial charge in [0.15, 0.2) is 11.6 Å². The van der Waals surface area contributed by atoms with Gasteiger partial charge in [0.05, 0.1) is 17.9 Å². The molecule has 2 amide bonds. The molecule has 1 unspecified atom stereocenters. The van der Waals surface area contributed by atoms with E-state index in [4.69, 9.17) is 0 Å². The lowest BCUT2D eigenvalue weighted by molar-refractivity contribution is 0.132. The molecule has 10 heteroatoms.